The van der Waals surface area contributed by atoms with Crippen molar-refractivity contribution < 1.29 is 19.0 Å². The molecule has 5 heteroatoms. The summed E-state index contributed by atoms with van der Waals surface area (Å²) >= 11 is 0. The zero-order valence-corrected chi connectivity index (χ0v) is 14.8. The molecule has 5 nitrogen and oxygen atoms in total. The Hall–Kier alpha value is -2.53. The lowest BCUT2D eigenvalue weighted by Gasteiger charge is -2.31. The van der Waals surface area contributed by atoms with E-state index in [-0.39, 0.29) is 12.0 Å². The number of benzene rings is 2. The molecule has 1 fully saturated rings. The molecule has 0 unspecified atom stereocenters. The molecule has 0 aromatic heterocycles. The second kappa shape index (κ2) is 7.38. The third-order valence-electron chi connectivity index (χ3n) is 4.61. The molecule has 26 heavy (non-hydrogen) atoms. The molecule has 2 aromatic rings. The maximum absolute atomic E-state index is 12.7. The Labute approximate surface area is 153 Å². The molecular weight excluding hydrogens is 330 g/mol. The summed E-state index contributed by atoms with van der Waals surface area (Å²) in [7, 11) is 0. The van der Waals surface area contributed by atoms with Gasteiger partial charge in [-0.2, -0.15) is 0 Å². The molecule has 2 atom stereocenters. The normalized spacial score (nSPS) is 21.3. The van der Waals surface area contributed by atoms with Gasteiger partial charge in [0, 0.05) is 12.3 Å². The van der Waals surface area contributed by atoms with Crippen LogP contribution in [0.4, 0.5) is 5.69 Å². The van der Waals surface area contributed by atoms with E-state index in [1.165, 1.54) is 12.8 Å². The first kappa shape index (κ1) is 16.9. The van der Waals surface area contributed by atoms with Crippen molar-refractivity contribution in [2.24, 2.45) is 5.92 Å². The number of carbonyl (C=O) groups excluding carboxylic acids is 1. The standard InChI is InChI=1S/C21H23NO4/c1-14-20(26-19-8-3-2-7-18(19)25-14)21(23)22-17-6-4-5-16(11-17)13-24-12-15-9-10-15/h2-8,11,14-15,20H,9-10,12-13H2,1H3,(H,22,23)/t14-,20+/m0/s1. The van der Waals surface area contributed by atoms with E-state index in [0.717, 1.165) is 23.8 Å². The Balaban J connectivity index is 1.38. The Morgan fingerprint density at radius 2 is 1.88 bits per heavy atom. The van der Waals surface area contributed by atoms with E-state index in [1.807, 2.05) is 49.4 Å². The summed E-state index contributed by atoms with van der Waals surface area (Å²) in [5, 5.41) is 2.93. The molecule has 1 N–H and O–H groups in total. The zero-order valence-electron chi connectivity index (χ0n) is 14.8. The number of carbonyl (C=O) groups is 1. The summed E-state index contributed by atoms with van der Waals surface area (Å²) in [6.45, 7) is 3.22. The van der Waals surface area contributed by atoms with Crippen LogP contribution in [0, 0.1) is 5.92 Å². The molecular formula is C21H23NO4. The van der Waals surface area contributed by atoms with Gasteiger partial charge in [-0.05, 0) is 55.5 Å². The third-order valence-corrected chi connectivity index (χ3v) is 4.61. The topological polar surface area (TPSA) is 56.8 Å². The van der Waals surface area contributed by atoms with Gasteiger partial charge in [0.25, 0.3) is 5.91 Å². The minimum Gasteiger partial charge on any atom is -0.482 e. The highest BCUT2D eigenvalue weighted by atomic mass is 16.6. The summed E-state index contributed by atoms with van der Waals surface area (Å²) in [4.78, 5) is 12.7. The first-order valence-electron chi connectivity index (χ1n) is 9.09. The number of hydrogen-bond donors (Lipinski definition) is 1. The van der Waals surface area contributed by atoms with Gasteiger partial charge in [0.05, 0.1) is 6.61 Å². The first-order chi connectivity index (χ1) is 12.7. The summed E-state index contributed by atoms with van der Waals surface area (Å²) in [6.07, 6.45) is 1.50. The molecule has 1 aliphatic heterocycles. The Morgan fingerprint density at radius 3 is 2.65 bits per heavy atom. The van der Waals surface area contributed by atoms with Crippen LogP contribution >= 0.6 is 0 Å². The highest BCUT2D eigenvalue weighted by Crippen LogP contribution is 2.33. The van der Waals surface area contributed by atoms with Crippen molar-refractivity contribution in [1.82, 2.24) is 0 Å². The highest BCUT2D eigenvalue weighted by Gasteiger charge is 2.34. The van der Waals surface area contributed by atoms with Gasteiger partial charge in [0.2, 0.25) is 6.10 Å². The van der Waals surface area contributed by atoms with Crippen molar-refractivity contribution in [3.8, 4) is 11.5 Å². The fraction of sp³-hybridized carbons (Fsp3) is 0.381. The van der Waals surface area contributed by atoms with E-state index in [1.54, 1.807) is 6.07 Å². The molecule has 1 aliphatic carbocycles. The number of amides is 1. The van der Waals surface area contributed by atoms with Gasteiger partial charge in [-0.15, -0.1) is 0 Å². The molecule has 0 saturated heterocycles. The van der Waals surface area contributed by atoms with Crippen molar-refractivity contribution >= 4 is 11.6 Å². The van der Waals surface area contributed by atoms with E-state index in [2.05, 4.69) is 5.32 Å². The number of nitrogens with one attached hydrogen (secondary N) is 1. The zero-order chi connectivity index (χ0) is 17.9. The lowest BCUT2D eigenvalue weighted by molar-refractivity contribution is -0.128. The fourth-order valence-corrected chi connectivity index (χ4v) is 2.99. The monoisotopic (exact) mass is 353 g/mol. The average Bonchev–Trinajstić information content (AvgIpc) is 3.46. The van der Waals surface area contributed by atoms with Gasteiger partial charge in [0.15, 0.2) is 11.5 Å². The molecule has 136 valence electrons. The molecule has 0 bridgehead atoms. The van der Waals surface area contributed by atoms with Gasteiger partial charge in [-0.25, -0.2) is 0 Å². The number of anilines is 1. The van der Waals surface area contributed by atoms with Gasteiger partial charge in [-0.3, -0.25) is 4.79 Å². The second-order valence-corrected chi connectivity index (χ2v) is 6.96. The number of rotatable bonds is 6. The van der Waals surface area contributed by atoms with E-state index >= 15 is 0 Å². The summed E-state index contributed by atoms with van der Waals surface area (Å²) in [5.41, 5.74) is 1.78. The van der Waals surface area contributed by atoms with Gasteiger partial charge in [-0.1, -0.05) is 24.3 Å². The lowest BCUT2D eigenvalue weighted by atomic mass is 10.1. The van der Waals surface area contributed by atoms with Crippen molar-refractivity contribution in [2.75, 3.05) is 11.9 Å². The molecule has 2 aromatic carbocycles. The fourth-order valence-electron chi connectivity index (χ4n) is 2.99. The summed E-state index contributed by atoms with van der Waals surface area (Å²) in [5.74, 6) is 1.78. The molecule has 4 rings (SSSR count). The predicted octanol–water partition coefficient (Wildman–Crippen LogP) is 3.78. The van der Waals surface area contributed by atoms with Crippen LogP contribution in [0.2, 0.25) is 0 Å². The largest absolute Gasteiger partial charge is 0.482 e. The van der Waals surface area contributed by atoms with Crippen LogP contribution in [-0.2, 0) is 16.1 Å². The molecule has 0 radical (unpaired) electrons. The first-order valence-corrected chi connectivity index (χ1v) is 9.09. The maximum atomic E-state index is 12.7. The Bertz CT molecular complexity index is 787. The Kier molecular flexibility index (Phi) is 4.80. The van der Waals surface area contributed by atoms with Crippen LogP contribution < -0.4 is 14.8 Å². The SMILES string of the molecule is C[C@@H]1Oc2ccccc2O[C@H]1C(=O)Nc1cccc(COCC2CC2)c1. The van der Waals surface area contributed by atoms with Crippen LogP contribution in [0.25, 0.3) is 0 Å². The third kappa shape index (κ3) is 3.99. The van der Waals surface area contributed by atoms with Gasteiger partial charge < -0.3 is 19.5 Å². The smallest absolute Gasteiger partial charge is 0.269 e. The molecule has 1 heterocycles. The summed E-state index contributed by atoms with van der Waals surface area (Å²) < 4.78 is 17.4. The van der Waals surface area contributed by atoms with Crippen LogP contribution in [-0.4, -0.2) is 24.7 Å². The lowest BCUT2D eigenvalue weighted by Crippen LogP contribution is -2.46. The van der Waals surface area contributed by atoms with Gasteiger partial charge >= 0.3 is 0 Å². The van der Waals surface area contributed by atoms with Crippen molar-refractivity contribution in [2.45, 2.75) is 38.6 Å². The number of hydrogen-bond acceptors (Lipinski definition) is 4. The van der Waals surface area contributed by atoms with Crippen molar-refractivity contribution in [3.05, 3.63) is 54.1 Å². The highest BCUT2D eigenvalue weighted by molar-refractivity contribution is 5.95. The van der Waals surface area contributed by atoms with Crippen LogP contribution in [0.1, 0.15) is 25.3 Å². The minimum atomic E-state index is -0.695. The average molecular weight is 353 g/mol. The second-order valence-electron chi connectivity index (χ2n) is 6.96. The number of ether oxygens (including phenoxy) is 3. The molecule has 0 spiro atoms. The van der Waals surface area contributed by atoms with Crippen LogP contribution in [0.5, 0.6) is 11.5 Å². The van der Waals surface area contributed by atoms with Crippen molar-refractivity contribution in [3.63, 3.8) is 0 Å². The molecule has 2 aliphatic rings. The maximum Gasteiger partial charge on any atom is 0.269 e. The predicted molar refractivity (Wildman–Crippen MR) is 98.4 cm³/mol. The number of fused-ring (bicyclic) bond motifs is 1. The van der Waals surface area contributed by atoms with E-state index in [0.29, 0.717) is 18.1 Å². The minimum absolute atomic E-state index is 0.219. The quantitative estimate of drug-likeness (QED) is 0.859. The number of para-hydroxylation sites is 2. The molecule has 1 saturated carbocycles. The van der Waals surface area contributed by atoms with Crippen LogP contribution in [0.3, 0.4) is 0 Å². The van der Waals surface area contributed by atoms with Crippen molar-refractivity contribution in [1.29, 1.82) is 0 Å². The molecule has 1 amide bonds. The van der Waals surface area contributed by atoms with Crippen LogP contribution in [0.15, 0.2) is 48.5 Å². The van der Waals surface area contributed by atoms with E-state index in [9.17, 15) is 4.79 Å². The summed E-state index contributed by atoms with van der Waals surface area (Å²) in [6, 6.07) is 15.1. The van der Waals surface area contributed by atoms with E-state index in [4.69, 9.17) is 14.2 Å². The Morgan fingerprint density at radius 1 is 1.12 bits per heavy atom. The van der Waals surface area contributed by atoms with Gasteiger partial charge in [0.1, 0.15) is 6.10 Å². The van der Waals surface area contributed by atoms with E-state index < -0.39 is 6.10 Å².